The summed E-state index contributed by atoms with van der Waals surface area (Å²) in [5, 5.41) is 9.59. The normalized spacial score (nSPS) is 21.5. The van der Waals surface area contributed by atoms with E-state index in [-0.39, 0.29) is 0 Å². The minimum Gasteiger partial charge on any atom is -0.507 e. The van der Waals surface area contributed by atoms with Gasteiger partial charge in [0.25, 0.3) is 0 Å². The second kappa shape index (κ2) is 5.42. The van der Waals surface area contributed by atoms with Crippen LogP contribution in [0.3, 0.4) is 0 Å². The fourth-order valence-electron chi connectivity index (χ4n) is 1.73. The number of hydrogen-bond acceptors (Lipinski definition) is 3. The van der Waals surface area contributed by atoms with Gasteiger partial charge in [0, 0.05) is 17.3 Å². The molecule has 1 saturated heterocycles. The predicted octanol–water partition coefficient (Wildman–Crippen LogP) is 2.91. The van der Waals surface area contributed by atoms with Gasteiger partial charge in [0.1, 0.15) is 5.75 Å². The molecule has 0 aliphatic carbocycles. The van der Waals surface area contributed by atoms with Gasteiger partial charge in [-0.05, 0) is 30.9 Å². The van der Waals surface area contributed by atoms with Crippen LogP contribution in [0.2, 0.25) is 0 Å². The van der Waals surface area contributed by atoms with E-state index in [9.17, 15) is 5.11 Å². The Kier molecular flexibility index (Phi) is 3.92. The molecule has 15 heavy (non-hydrogen) atoms. The third-order valence-electron chi connectivity index (χ3n) is 2.59. The molecule has 1 aliphatic heterocycles. The monoisotopic (exact) mass is 224 g/mol. The van der Waals surface area contributed by atoms with Crippen LogP contribution in [0.4, 0.5) is 0 Å². The molecular formula is C12H16O2S. The first-order chi connectivity index (χ1) is 7.36. The Morgan fingerprint density at radius 1 is 1.40 bits per heavy atom. The molecule has 1 aromatic carbocycles. The van der Waals surface area contributed by atoms with Crippen LogP contribution in [-0.2, 0) is 4.74 Å². The summed E-state index contributed by atoms with van der Waals surface area (Å²) in [5.74, 6) is 2.07. The number of phenolic OH excluding ortho intramolecular Hbond substituents is 1. The van der Waals surface area contributed by atoms with Crippen LogP contribution in [0, 0.1) is 5.92 Å². The maximum atomic E-state index is 9.59. The smallest absolute Gasteiger partial charge is 0.129 e. The topological polar surface area (TPSA) is 29.5 Å². The van der Waals surface area contributed by atoms with E-state index >= 15 is 0 Å². The Bertz CT molecular complexity index is 308. The van der Waals surface area contributed by atoms with E-state index in [1.807, 2.05) is 18.2 Å². The quantitative estimate of drug-likeness (QED) is 0.800. The largest absolute Gasteiger partial charge is 0.507 e. The van der Waals surface area contributed by atoms with Crippen molar-refractivity contribution in [1.29, 1.82) is 0 Å². The summed E-state index contributed by atoms with van der Waals surface area (Å²) < 4.78 is 5.42. The van der Waals surface area contributed by atoms with Crippen molar-refractivity contribution in [3.05, 3.63) is 24.3 Å². The summed E-state index contributed by atoms with van der Waals surface area (Å²) in [6, 6.07) is 7.51. The van der Waals surface area contributed by atoms with E-state index < -0.39 is 0 Å². The zero-order valence-electron chi connectivity index (χ0n) is 8.69. The van der Waals surface area contributed by atoms with Crippen LogP contribution in [0.15, 0.2) is 29.2 Å². The first kappa shape index (κ1) is 10.8. The summed E-state index contributed by atoms with van der Waals surface area (Å²) >= 11 is 1.72. The Balaban J connectivity index is 1.84. The van der Waals surface area contributed by atoms with Crippen LogP contribution in [0.1, 0.15) is 12.8 Å². The number of para-hydroxylation sites is 1. The first-order valence-electron chi connectivity index (χ1n) is 5.35. The molecule has 1 aromatic rings. The summed E-state index contributed by atoms with van der Waals surface area (Å²) in [6.45, 7) is 1.79. The van der Waals surface area contributed by atoms with Crippen LogP contribution in [0.25, 0.3) is 0 Å². The molecule has 0 bridgehead atoms. The van der Waals surface area contributed by atoms with Gasteiger partial charge in [0.2, 0.25) is 0 Å². The number of aromatic hydroxyl groups is 1. The number of phenols is 1. The molecule has 2 nitrogen and oxygen atoms in total. The molecule has 0 radical (unpaired) electrons. The minimum absolute atomic E-state index is 0.388. The van der Waals surface area contributed by atoms with Crippen molar-refractivity contribution < 1.29 is 9.84 Å². The second-order valence-electron chi connectivity index (χ2n) is 3.86. The van der Waals surface area contributed by atoms with E-state index in [0.717, 1.165) is 23.9 Å². The fraction of sp³-hybridized carbons (Fsp3) is 0.500. The van der Waals surface area contributed by atoms with Crippen LogP contribution in [-0.4, -0.2) is 24.1 Å². The SMILES string of the molecule is Oc1ccccc1SCC1CCCOC1. The van der Waals surface area contributed by atoms with Crippen molar-refractivity contribution in [2.75, 3.05) is 19.0 Å². The van der Waals surface area contributed by atoms with Crippen molar-refractivity contribution in [3.8, 4) is 5.75 Å². The highest BCUT2D eigenvalue weighted by atomic mass is 32.2. The number of hydrogen-bond donors (Lipinski definition) is 1. The molecule has 1 heterocycles. The Hall–Kier alpha value is -0.670. The predicted molar refractivity (Wildman–Crippen MR) is 62.4 cm³/mol. The van der Waals surface area contributed by atoms with E-state index in [1.165, 1.54) is 12.8 Å². The molecule has 1 fully saturated rings. The minimum atomic E-state index is 0.388. The van der Waals surface area contributed by atoms with Gasteiger partial charge in [-0.3, -0.25) is 0 Å². The molecule has 1 unspecified atom stereocenters. The van der Waals surface area contributed by atoms with Gasteiger partial charge in [-0.15, -0.1) is 11.8 Å². The number of thioether (sulfide) groups is 1. The molecule has 0 aromatic heterocycles. The summed E-state index contributed by atoms with van der Waals surface area (Å²) in [7, 11) is 0. The van der Waals surface area contributed by atoms with Crippen LogP contribution >= 0.6 is 11.8 Å². The van der Waals surface area contributed by atoms with Gasteiger partial charge in [-0.1, -0.05) is 12.1 Å². The standard InChI is InChI=1S/C12H16O2S/c13-11-5-1-2-6-12(11)15-9-10-4-3-7-14-8-10/h1-2,5-6,10,13H,3-4,7-9H2. The third kappa shape index (κ3) is 3.14. The van der Waals surface area contributed by atoms with Crippen molar-refractivity contribution in [3.63, 3.8) is 0 Å². The lowest BCUT2D eigenvalue weighted by molar-refractivity contribution is 0.0632. The highest BCUT2D eigenvalue weighted by molar-refractivity contribution is 7.99. The van der Waals surface area contributed by atoms with Gasteiger partial charge in [0.05, 0.1) is 6.61 Å². The number of benzene rings is 1. The molecule has 1 atom stereocenters. The van der Waals surface area contributed by atoms with Crippen LogP contribution < -0.4 is 0 Å². The van der Waals surface area contributed by atoms with Crippen molar-refractivity contribution >= 4 is 11.8 Å². The molecule has 0 spiro atoms. The zero-order chi connectivity index (χ0) is 10.5. The summed E-state index contributed by atoms with van der Waals surface area (Å²) in [5.41, 5.74) is 0. The third-order valence-corrected chi connectivity index (χ3v) is 3.89. The summed E-state index contributed by atoms with van der Waals surface area (Å²) in [6.07, 6.45) is 2.42. The molecular weight excluding hydrogens is 208 g/mol. The van der Waals surface area contributed by atoms with E-state index in [0.29, 0.717) is 11.7 Å². The fourth-order valence-corrected chi connectivity index (χ4v) is 2.79. The number of ether oxygens (including phenoxy) is 1. The average molecular weight is 224 g/mol. The molecule has 0 amide bonds. The Labute approximate surface area is 94.6 Å². The van der Waals surface area contributed by atoms with Gasteiger partial charge in [-0.2, -0.15) is 0 Å². The summed E-state index contributed by atoms with van der Waals surface area (Å²) in [4.78, 5) is 0.975. The molecule has 3 heteroatoms. The average Bonchev–Trinajstić information content (AvgIpc) is 2.29. The lowest BCUT2D eigenvalue weighted by Gasteiger charge is -2.21. The Morgan fingerprint density at radius 3 is 3.00 bits per heavy atom. The molecule has 1 N–H and O–H groups in total. The van der Waals surface area contributed by atoms with E-state index in [2.05, 4.69) is 0 Å². The molecule has 82 valence electrons. The van der Waals surface area contributed by atoms with Gasteiger partial charge in [0.15, 0.2) is 0 Å². The second-order valence-corrected chi connectivity index (χ2v) is 4.92. The Morgan fingerprint density at radius 2 is 2.27 bits per heavy atom. The number of rotatable bonds is 3. The molecule has 1 aliphatic rings. The molecule has 2 rings (SSSR count). The van der Waals surface area contributed by atoms with Gasteiger partial charge < -0.3 is 9.84 Å². The van der Waals surface area contributed by atoms with E-state index in [1.54, 1.807) is 17.8 Å². The molecule has 0 saturated carbocycles. The zero-order valence-corrected chi connectivity index (χ0v) is 9.50. The van der Waals surface area contributed by atoms with Crippen molar-refractivity contribution in [2.24, 2.45) is 5.92 Å². The maximum absolute atomic E-state index is 9.59. The van der Waals surface area contributed by atoms with Gasteiger partial charge in [-0.25, -0.2) is 0 Å². The van der Waals surface area contributed by atoms with Gasteiger partial charge >= 0.3 is 0 Å². The van der Waals surface area contributed by atoms with Crippen LogP contribution in [0.5, 0.6) is 5.75 Å². The highest BCUT2D eigenvalue weighted by Crippen LogP contribution is 2.30. The van der Waals surface area contributed by atoms with E-state index in [4.69, 9.17) is 4.74 Å². The van der Waals surface area contributed by atoms with Crippen molar-refractivity contribution in [2.45, 2.75) is 17.7 Å². The maximum Gasteiger partial charge on any atom is 0.129 e. The van der Waals surface area contributed by atoms with Crippen molar-refractivity contribution in [1.82, 2.24) is 0 Å². The highest BCUT2D eigenvalue weighted by Gasteiger charge is 2.14. The lowest BCUT2D eigenvalue weighted by Crippen LogP contribution is -2.18. The first-order valence-corrected chi connectivity index (χ1v) is 6.33. The lowest BCUT2D eigenvalue weighted by atomic mass is 10.1.